The molecule has 1 atom stereocenters. The number of aryl methyl sites for hydroxylation is 1. The van der Waals surface area contributed by atoms with Crippen molar-refractivity contribution in [3.63, 3.8) is 0 Å². The first kappa shape index (κ1) is 21.7. The molecule has 4 rings (SSSR count). The van der Waals surface area contributed by atoms with Crippen LogP contribution in [0.4, 0.5) is 4.39 Å². The first-order valence-corrected chi connectivity index (χ1v) is 11.9. The molecule has 1 saturated heterocycles. The van der Waals surface area contributed by atoms with E-state index in [2.05, 4.69) is 10.2 Å². The Hall–Kier alpha value is -2.55. The van der Waals surface area contributed by atoms with Gasteiger partial charge in [0.15, 0.2) is 0 Å². The number of nitrogens with one attached hydrogen (secondary N) is 1. The quantitative estimate of drug-likeness (QED) is 0.611. The SMILES string of the molecule is Cc1ccc(C(=O)N2CCN(CC(=O)NC(c3ccc(F)cc3)c3cccs3)CC2)s1. The van der Waals surface area contributed by atoms with Gasteiger partial charge in [-0.05, 0) is 48.2 Å². The predicted molar refractivity (Wildman–Crippen MR) is 122 cm³/mol. The number of rotatable bonds is 6. The summed E-state index contributed by atoms with van der Waals surface area (Å²) in [7, 11) is 0. The van der Waals surface area contributed by atoms with Crippen LogP contribution in [-0.4, -0.2) is 54.3 Å². The van der Waals surface area contributed by atoms with Crippen LogP contribution in [0.15, 0.2) is 53.9 Å². The van der Waals surface area contributed by atoms with E-state index in [4.69, 9.17) is 0 Å². The molecule has 1 aliphatic heterocycles. The van der Waals surface area contributed by atoms with Gasteiger partial charge in [0.2, 0.25) is 5.91 Å². The van der Waals surface area contributed by atoms with E-state index in [1.165, 1.54) is 23.5 Å². The Balaban J connectivity index is 1.33. The second kappa shape index (κ2) is 9.72. The molecule has 2 amide bonds. The van der Waals surface area contributed by atoms with Crippen LogP contribution in [0.2, 0.25) is 0 Å². The van der Waals surface area contributed by atoms with Crippen LogP contribution in [-0.2, 0) is 4.79 Å². The minimum atomic E-state index is -0.307. The lowest BCUT2D eigenvalue weighted by Crippen LogP contribution is -2.51. The molecule has 8 heteroatoms. The molecule has 1 unspecified atom stereocenters. The molecule has 0 spiro atoms. The third-order valence-electron chi connectivity index (χ3n) is 5.31. The summed E-state index contributed by atoms with van der Waals surface area (Å²) in [6, 6.07) is 13.7. The third-order valence-corrected chi connectivity index (χ3v) is 7.24. The minimum absolute atomic E-state index is 0.0660. The second-order valence-electron chi connectivity index (χ2n) is 7.55. The van der Waals surface area contributed by atoms with Crippen LogP contribution < -0.4 is 5.32 Å². The summed E-state index contributed by atoms with van der Waals surface area (Å²) in [5, 5.41) is 5.06. The maximum Gasteiger partial charge on any atom is 0.264 e. The smallest absolute Gasteiger partial charge is 0.264 e. The predicted octanol–water partition coefficient (Wildman–Crippen LogP) is 3.92. The van der Waals surface area contributed by atoms with E-state index >= 15 is 0 Å². The van der Waals surface area contributed by atoms with Gasteiger partial charge >= 0.3 is 0 Å². The summed E-state index contributed by atoms with van der Waals surface area (Å²) in [5.41, 5.74) is 0.846. The van der Waals surface area contributed by atoms with E-state index in [0.717, 1.165) is 20.2 Å². The largest absolute Gasteiger partial charge is 0.343 e. The number of thiophene rings is 2. The molecule has 2 aromatic heterocycles. The van der Waals surface area contributed by atoms with E-state index in [1.54, 1.807) is 23.5 Å². The summed E-state index contributed by atoms with van der Waals surface area (Å²) >= 11 is 3.07. The zero-order valence-electron chi connectivity index (χ0n) is 17.2. The number of benzene rings is 1. The lowest BCUT2D eigenvalue weighted by molar-refractivity contribution is -0.123. The molecular weight excluding hydrogens is 433 g/mol. The summed E-state index contributed by atoms with van der Waals surface area (Å²) in [6.45, 7) is 4.79. The van der Waals surface area contributed by atoms with Crippen molar-refractivity contribution in [3.8, 4) is 0 Å². The molecule has 162 valence electrons. The Kier molecular flexibility index (Phi) is 6.80. The zero-order valence-corrected chi connectivity index (χ0v) is 18.8. The van der Waals surface area contributed by atoms with Crippen LogP contribution in [0, 0.1) is 12.7 Å². The normalized spacial score (nSPS) is 15.6. The molecule has 1 aliphatic rings. The molecule has 0 radical (unpaired) electrons. The van der Waals surface area contributed by atoms with Crippen LogP contribution >= 0.6 is 22.7 Å². The van der Waals surface area contributed by atoms with Crippen molar-refractivity contribution in [2.75, 3.05) is 32.7 Å². The summed E-state index contributed by atoms with van der Waals surface area (Å²) < 4.78 is 13.3. The van der Waals surface area contributed by atoms with Crippen molar-refractivity contribution in [1.82, 2.24) is 15.1 Å². The van der Waals surface area contributed by atoms with Gasteiger partial charge < -0.3 is 10.2 Å². The van der Waals surface area contributed by atoms with E-state index in [1.807, 2.05) is 41.5 Å². The van der Waals surface area contributed by atoms with Gasteiger partial charge in [0.05, 0.1) is 17.5 Å². The van der Waals surface area contributed by atoms with E-state index < -0.39 is 0 Å². The standard InChI is InChI=1S/C23H24FN3O2S2/c1-16-4-9-20(31-16)23(29)27-12-10-26(11-13-27)15-21(28)25-22(19-3-2-14-30-19)17-5-7-18(24)8-6-17/h2-9,14,22H,10-13,15H2,1H3,(H,25,28). The molecule has 5 nitrogen and oxygen atoms in total. The van der Waals surface area contributed by atoms with Gasteiger partial charge in [0, 0.05) is 35.9 Å². The van der Waals surface area contributed by atoms with Crippen molar-refractivity contribution < 1.29 is 14.0 Å². The number of hydrogen-bond donors (Lipinski definition) is 1. The first-order chi connectivity index (χ1) is 15.0. The molecule has 0 bridgehead atoms. The molecule has 3 heterocycles. The Labute approximate surface area is 189 Å². The summed E-state index contributed by atoms with van der Waals surface area (Å²) in [6.07, 6.45) is 0. The number of amides is 2. The fourth-order valence-corrected chi connectivity index (χ4v) is 5.29. The summed E-state index contributed by atoms with van der Waals surface area (Å²) in [4.78, 5) is 32.2. The van der Waals surface area contributed by atoms with Crippen molar-refractivity contribution in [3.05, 3.63) is 79.9 Å². The maximum absolute atomic E-state index is 13.3. The molecule has 1 N–H and O–H groups in total. The zero-order chi connectivity index (χ0) is 21.8. The fourth-order valence-electron chi connectivity index (χ4n) is 3.65. The highest BCUT2D eigenvalue weighted by Crippen LogP contribution is 2.26. The molecule has 0 aliphatic carbocycles. The van der Waals surface area contributed by atoms with Gasteiger partial charge in [0.25, 0.3) is 5.91 Å². The van der Waals surface area contributed by atoms with E-state index in [-0.39, 0.29) is 30.2 Å². The highest BCUT2D eigenvalue weighted by molar-refractivity contribution is 7.13. The average molecular weight is 458 g/mol. The van der Waals surface area contributed by atoms with Gasteiger partial charge in [-0.15, -0.1) is 22.7 Å². The van der Waals surface area contributed by atoms with Crippen LogP contribution in [0.25, 0.3) is 0 Å². The lowest BCUT2D eigenvalue weighted by atomic mass is 10.1. The van der Waals surface area contributed by atoms with Crippen LogP contribution in [0.3, 0.4) is 0 Å². The average Bonchev–Trinajstić information content (AvgIpc) is 3.45. The van der Waals surface area contributed by atoms with Gasteiger partial charge in [-0.2, -0.15) is 0 Å². The number of carbonyl (C=O) groups excluding carboxylic acids is 2. The van der Waals surface area contributed by atoms with Gasteiger partial charge in [-0.1, -0.05) is 18.2 Å². The van der Waals surface area contributed by atoms with Crippen molar-refractivity contribution in [1.29, 1.82) is 0 Å². The topological polar surface area (TPSA) is 52.7 Å². The van der Waals surface area contributed by atoms with Crippen molar-refractivity contribution in [2.24, 2.45) is 0 Å². The van der Waals surface area contributed by atoms with Crippen LogP contribution in [0.5, 0.6) is 0 Å². The number of piperazine rings is 1. The Bertz CT molecular complexity index is 1030. The Morgan fingerprint density at radius 3 is 2.42 bits per heavy atom. The maximum atomic E-state index is 13.3. The molecule has 1 aromatic carbocycles. The highest BCUT2D eigenvalue weighted by atomic mass is 32.1. The second-order valence-corrected chi connectivity index (χ2v) is 9.81. The van der Waals surface area contributed by atoms with Gasteiger partial charge in [-0.25, -0.2) is 4.39 Å². The number of carbonyl (C=O) groups is 2. The van der Waals surface area contributed by atoms with Crippen LogP contribution in [0.1, 0.15) is 31.0 Å². The molecule has 31 heavy (non-hydrogen) atoms. The summed E-state index contributed by atoms with van der Waals surface area (Å²) in [5.74, 6) is -0.321. The highest BCUT2D eigenvalue weighted by Gasteiger charge is 2.25. The third kappa shape index (κ3) is 5.39. The lowest BCUT2D eigenvalue weighted by Gasteiger charge is -2.34. The monoisotopic (exact) mass is 457 g/mol. The first-order valence-electron chi connectivity index (χ1n) is 10.2. The van der Waals surface area contributed by atoms with Gasteiger partial charge in [-0.3, -0.25) is 14.5 Å². The Morgan fingerprint density at radius 2 is 1.81 bits per heavy atom. The van der Waals surface area contributed by atoms with E-state index in [9.17, 15) is 14.0 Å². The minimum Gasteiger partial charge on any atom is -0.343 e. The Morgan fingerprint density at radius 1 is 1.06 bits per heavy atom. The number of nitrogens with zero attached hydrogens (tertiary/aromatic N) is 2. The van der Waals surface area contributed by atoms with Crippen molar-refractivity contribution >= 4 is 34.5 Å². The molecule has 3 aromatic rings. The van der Waals surface area contributed by atoms with E-state index in [0.29, 0.717) is 26.2 Å². The fraction of sp³-hybridized carbons (Fsp3) is 0.304. The number of halogens is 1. The molecule has 0 saturated carbocycles. The van der Waals surface area contributed by atoms with Crippen molar-refractivity contribution in [2.45, 2.75) is 13.0 Å². The molecular formula is C23H24FN3O2S2. The van der Waals surface area contributed by atoms with Gasteiger partial charge in [0.1, 0.15) is 5.82 Å². The number of hydrogen-bond acceptors (Lipinski definition) is 5. The molecule has 1 fully saturated rings.